The molecule has 0 saturated heterocycles. The van der Waals surface area contributed by atoms with Gasteiger partial charge in [-0.2, -0.15) is 0 Å². The van der Waals surface area contributed by atoms with Gasteiger partial charge in [-0.15, -0.1) is 10.2 Å². The van der Waals surface area contributed by atoms with Gasteiger partial charge in [0.15, 0.2) is 5.96 Å². The van der Waals surface area contributed by atoms with E-state index in [0.717, 1.165) is 49.7 Å². The van der Waals surface area contributed by atoms with E-state index in [2.05, 4.69) is 63.3 Å². The second-order valence-corrected chi connectivity index (χ2v) is 9.28. The third-order valence-corrected chi connectivity index (χ3v) is 5.76. The zero-order valence-corrected chi connectivity index (χ0v) is 19.5. The lowest BCUT2D eigenvalue weighted by molar-refractivity contribution is 0.187. The normalized spacial score (nSPS) is 15.8. The Kier molecular flexibility index (Phi) is 8.07. The number of aryl methyl sites for hydroxylation is 1. The van der Waals surface area contributed by atoms with E-state index in [9.17, 15) is 5.11 Å². The van der Waals surface area contributed by atoms with Crippen molar-refractivity contribution >= 4 is 5.96 Å². The molecule has 1 aromatic carbocycles. The topological polar surface area (TPSA) is 87.4 Å². The summed E-state index contributed by atoms with van der Waals surface area (Å²) in [7, 11) is 0. The molecule has 1 aliphatic rings. The van der Waals surface area contributed by atoms with E-state index in [0.29, 0.717) is 12.5 Å². The Morgan fingerprint density at radius 1 is 1.13 bits per heavy atom. The largest absolute Gasteiger partial charge is 0.386 e. The number of hydrogen-bond donors (Lipinski definition) is 3. The molecule has 1 aliphatic heterocycles. The number of aliphatic hydroxyl groups is 1. The highest BCUT2D eigenvalue weighted by molar-refractivity contribution is 5.79. The number of aliphatic hydroxyl groups excluding tert-OH is 1. The first-order valence-electron chi connectivity index (χ1n) is 11.6. The SMILES string of the molecule is CCNC(=NCC(O)c1ccc(C(C)(C)C)cc1)NCCc1nnc2n1CCCCC2. The highest BCUT2D eigenvalue weighted by atomic mass is 16.3. The summed E-state index contributed by atoms with van der Waals surface area (Å²) < 4.78 is 2.28. The van der Waals surface area contributed by atoms with Gasteiger partial charge in [0, 0.05) is 32.5 Å². The number of hydrogen-bond acceptors (Lipinski definition) is 4. The van der Waals surface area contributed by atoms with Gasteiger partial charge in [-0.3, -0.25) is 4.99 Å². The lowest BCUT2D eigenvalue weighted by atomic mass is 9.86. The lowest BCUT2D eigenvalue weighted by Gasteiger charge is -2.20. The van der Waals surface area contributed by atoms with Gasteiger partial charge in [0.1, 0.15) is 11.6 Å². The second-order valence-electron chi connectivity index (χ2n) is 9.28. The van der Waals surface area contributed by atoms with Crippen LogP contribution >= 0.6 is 0 Å². The van der Waals surface area contributed by atoms with Crippen molar-refractivity contribution in [2.75, 3.05) is 19.6 Å². The Morgan fingerprint density at radius 3 is 2.61 bits per heavy atom. The average molecular weight is 427 g/mol. The van der Waals surface area contributed by atoms with Crippen LogP contribution < -0.4 is 10.6 Å². The third-order valence-electron chi connectivity index (χ3n) is 5.76. The Labute approximate surface area is 186 Å². The van der Waals surface area contributed by atoms with Crippen molar-refractivity contribution in [3.05, 3.63) is 47.0 Å². The fourth-order valence-electron chi connectivity index (χ4n) is 3.85. The summed E-state index contributed by atoms with van der Waals surface area (Å²) in [6.07, 6.45) is 4.86. The highest BCUT2D eigenvalue weighted by Crippen LogP contribution is 2.24. The van der Waals surface area contributed by atoms with Crippen LogP contribution in [0.2, 0.25) is 0 Å². The van der Waals surface area contributed by atoms with Crippen LogP contribution in [0.1, 0.15) is 75.8 Å². The fourth-order valence-corrected chi connectivity index (χ4v) is 3.85. The van der Waals surface area contributed by atoms with Crippen molar-refractivity contribution < 1.29 is 5.11 Å². The van der Waals surface area contributed by atoms with Crippen molar-refractivity contribution in [2.45, 2.75) is 77.9 Å². The van der Waals surface area contributed by atoms with E-state index >= 15 is 0 Å². The van der Waals surface area contributed by atoms with Gasteiger partial charge in [0.25, 0.3) is 0 Å². The minimum Gasteiger partial charge on any atom is -0.386 e. The number of nitrogens with zero attached hydrogens (tertiary/aromatic N) is 4. The molecule has 170 valence electrons. The number of rotatable bonds is 7. The van der Waals surface area contributed by atoms with Gasteiger partial charge in [-0.25, -0.2) is 0 Å². The van der Waals surface area contributed by atoms with Gasteiger partial charge >= 0.3 is 0 Å². The minimum atomic E-state index is -0.628. The summed E-state index contributed by atoms with van der Waals surface area (Å²) in [4.78, 5) is 4.58. The number of aromatic nitrogens is 3. The van der Waals surface area contributed by atoms with Gasteiger partial charge in [-0.05, 0) is 36.3 Å². The van der Waals surface area contributed by atoms with Gasteiger partial charge in [0.05, 0.1) is 12.6 Å². The predicted molar refractivity (Wildman–Crippen MR) is 125 cm³/mol. The zero-order chi connectivity index (χ0) is 22.3. The molecule has 1 aromatic heterocycles. The highest BCUT2D eigenvalue weighted by Gasteiger charge is 2.16. The molecule has 2 aromatic rings. The van der Waals surface area contributed by atoms with Crippen LogP contribution in [0.5, 0.6) is 0 Å². The molecule has 3 rings (SSSR count). The number of nitrogens with one attached hydrogen (secondary N) is 2. The molecule has 0 radical (unpaired) electrons. The molecule has 7 nitrogen and oxygen atoms in total. The minimum absolute atomic E-state index is 0.104. The molecular formula is C24H38N6O. The first kappa shape index (κ1) is 23.3. The van der Waals surface area contributed by atoms with E-state index < -0.39 is 6.10 Å². The van der Waals surface area contributed by atoms with Crippen molar-refractivity contribution in [1.29, 1.82) is 0 Å². The molecule has 2 heterocycles. The Bertz CT molecular complexity index is 850. The Balaban J connectivity index is 1.54. The van der Waals surface area contributed by atoms with E-state index in [1.807, 2.05) is 19.1 Å². The number of fused-ring (bicyclic) bond motifs is 1. The fraction of sp³-hybridized carbons (Fsp3) is 0.625. The monoisotopic (exact) mass is 426 g/mol. The smallest absolute Gasteiger partial charge is 0.191 e. The first-order valence-corrected chi connectivity index (χ1v) is 11.6. The van der Waals surface area contributed by atoms with Gasteiger partial charge < -0.3 is 20.3 Å². The maximum absolute atomic E-state index is 10.6. The van der Waals surface area contributed by atoms with Crippen LogP contribution in [0.4, 0.5) is 0 Å². The molecule has 0 amide bonds. The van der Waals surface area contributed by atoms with Crippen LogP contribution in [0.3, 0.4) is 0 Å². The quantitative estimate of drug-likeness (QED) is 0.468. The molecule has 0 spiro atoms. The molecule has 7 heteroatoms. The summed E-state index contributed by atoms with van der Waals surface area (Å²) in [6.45, 7) is 11.4. The van der Waals surface area contributed by atoms with E-state index in [1.54, 1.807) is 0 Å². The summed E-state index contributed by atoms with van der Waals surface area (Å²) in [5.41, 5.74) is 2.25. The summed E-state index contributed by atoms with van der Waals surface area (Å²) >= 11 is 0. The molecule has 0 fully saturated rings. The number of benzene rings is 1. The van der Waals surface area contributed by atoms with E-state index in [4.69, 9.17) is 0 Å². The van der Waals surface area contributed by atoms with E-state index in [-0.39, 0.29) is 5.41 Å². The maximum Gasteiger partial charge on any atom is 0.191 e. The average Bonchev–Trinajstić information content (AvgIpc) is 2.97. The molecule has 0 aliphatic carbocycles. The molecule has 31 heavy (non-hydrogen) atoms. The summed E-state index contributed by atoms with van der Waals surface area (Å²) in [6, 6.07) is 8.18. The Hall–Kier alpha value is -2.41. The predicted octanol–water partition coefficient (Wildman–Crippen LogP) is 3.13. The van der Waals surface area contributed by atoms with Crippen LogP contribution in [-0.4, -0.2) is 45.5 Å². The summed E-state index contributed by atoms with van der Waals surface area (Å²) in [5.74, 6) is 2.87. The first-order chi connectivity index (χ1) is 14.9. The third kappa shape index (κ3) is 6.53. The van der Waals surface area contributed by atoms with Gasteiger partial charge in [-0.1, -0.05) is 51.5 Å². The number of guanidine groups is 1. The Morgan fingerprint density at radius 2 is 1.90 bits per heavy atom. The maximum atomic E-state index is 10.6. The van der Waals surface area contributed by atoms with Crippen molar-refractivity contribution in [3.63, 3.8) is 0 Å². The van der Waals surface area contributed by atoms with Crippen LogP contribution in [0, 0.1) is 0 Å². The number of aliphatic imine (C=N–C) groups is 1. The molecule has 0 saturated carbocycles. The van der Waals surface area contributed by atoms with Crippen LogP contribution in [0.25, 0.3) is 0 Å². The molecule has 3 N–H and O–H groups in total. The molecule has 1 unspecified atom stereocenters. The zero-order valence-electron chi connectivity index (χ0n) is 19.5. The summed E-state index contributed by atoms with van der Waals surface area (Å²) in [5, 5.41) is 26.0. The molecular weight excluding hydrogens is 388 g/mol. The van der Waals surface area contributed by atoms with Gasteiger partial charge in [0.2, 0.25) is 0 Å². The van der Waals surface area contributed by atoms with Crippen molar-refractivity contribution in [1.82, 2.24) is 25.4 Å². The molecule has 0 bridgehead atoms. The molecule has 1 atom stereocenters. The standard InChI is InChI=1S/C24H38N6O/c1-5-25-23(26-15-14-22-29-28-21-9-7-6-8-16-30(21)22)27-17-20(31)18-10-12-19(13-11-18)24(2,3)4/h10-13,20,31H,5-9,14-17H2,1-4H3,(H2,25,26,27). The van der Waals surface area contributed by atoms with Crippen LogP contribution in [-0.2, 0) is 24.8 Å². The van der Waals surface area contributed by atoms with E-state index in [1.165, 1.54) is 24.8 Å². The van der Waals surface area contributed by atoms with Crippen LogP contribution in [0.15, 0.2) is 29.3 Å². The second kappa shape index (κ2) is 10.8. The lowest BCUT2D eigenvalue weighted by Crippen LogP contribution is -2.38. The van der Waals surface area contributed by atoms with Crippen molar-refractivity contribution in [3.8, 4) is 0 Å². The van der Waals surface area contributed by atoms with Crippen molar-refractivity contribution in [2.24, 2.45) is 4.99 Å².